The standard InChI is InChI=1S/C21H32N2O5S/c1-3-8-21(24)23-12-7-11-19(22-29(2,25)26)20(23)15-27-17-13-18(14-17)28-16-9-5-4-6-10-16/h4-6,9-10,17-20,22H,3,7-8,11-15H2,1-2H3/t17?,18?,19-,20-/m0/s1. The van der Waals surface area contributed by atoms with Crippen LogP contribution in [0.15, 0.2) is 30.3 Å². The molecule has 1 saturated carbocycles. The lowest BCUT2D eigenvalue weighted by atomic mass is 9.91. The molecule has 0 unspecified atom stereocenters. The van der Waals surface area contributed by atoms with Crippen LogP contribution in [0.2, 0.25) is 0 Å². The van der Waals surface area contributed by atoms with Gasteiger partial charge in [0.15, 0.2) is 0 Å². The Kier molecular flexibility index (Phi) is 7.54. The van der Waals surface area contributed by atoms with Crippen molar-refractivity contribution in [2.24, 2.45) is 0 Å². The average molecular weight is 425 g/mol. The van der Waals surface area contributed by atoms with Gasteiger partial charge in [-0.15, -0.1) is 0 Å². The topological polar surface area (TPSA) is 84.9 Å². The van der Waals surface area contributed by atoms with Crippen molar-refractivity contribution in [2.75, 3.05) is 19.4 Å². The number of carbonyl (C=O) groups is 1. The Bertz CT molecular complexity index is 765. The van der Waals surface area contributed by atoms with Crippen molar-refractivity contribution in [3.63, 3.8) is 0 Å². The molecule has 0 radical (unpaired) electrons. The number of hydrogen-bond acceptors (Lipinski definition) is 5. The lowest BCUT2D eigenvalue weighted by Gasteiger charge is -2.43. The van der Waals surface area contributed by atoms with Crippen molar-refractivity contribution in [1.29, 1.82) is 0 Å². The number of ether oxygens (including phenoxy) is 2. The van der Waals surface area contributed by atoms with Gasteiger partial charge >= 0.3 is 0 Å². The fourth-order valence-electron chi connectivity index (χ4n) is 4.02. The Morgan fingerprint density at radius 3 is 2.59 bits per heavy atom. The number of rotatable bonds is 9. The number of likely N-dealkylation sites (tertiary alicyclic amines) is 1. The van der Waals surface area contributed by atoms with Gasteiger partial charge in [-0.3, -0.25) is 4.79 Å². The molecule has 1 N–H and O–H groups in total. The van der Waals surface area contributed by atoms with Gasteiger partial charge in [-0.05, 0) is 31.4 Å². The SMILES string of the molecule is CCCC(=O)N1CCC[C@H](NS(C)(=O)=O)[C@@H]1COC1CC(Oc2ccccc2)C1. The first-order chi connectivity index (χ1) is 13.9. The third-order valence-corrected chi connectivity index (χ3v) is 6.26. The number of nitrogens with zero attached hydrogens (tertiary/aromatic N) is 1. The second-order valence-electron chi connectivity index (χ2n) is 8.02. The zero-order valence-electron chi connectivity index (χ0n) is 17.2. The van der Waals surface area contributed by atoms with Crippen LogP contribution in [-0.4, -0.2) is 62.9 Å². The summed E-state index contributed by atoms with van der Waals surface area (Å²) in [5.74, 6) is 0.928. The minimum absolute atomic E-state index is 0.0694. The first kappa shape index (κ1) is 22.1. The molecule has 29 heavy (non-hydrogen) atoms. The number of nitrogens with one attached hydrogen (secondary N) is 1. The Balaban J connectivity index is 1.55. The maximum Gasteiger partial charge on any atom is 0.222 e. The van der Waals surface area contributed by atoms with E-state index in [4.69, 9.17) is 9.47 Å². The number of para-hydroxylation sites is 1. The van der Waals surface area contributed by atoms with E-state index in [1.54, 1.807) is 0 Å². The van der Waals surface area contributed by atoms with Crippen molar-refractivity contribution >= 4 is 15.9 Å². The molecule has 0 bridgehead atoms. The largest absolute Gasteiger partial charge is 0.490 e. The Labute approximate surface area is 173 Å². The van der Waals surface area contributed by atoms with E-state index in [9.17, 15) is 13.2 Å². The van der Waals surface area contributed by atoms with Crippen LogP contribution in [0.3, 0.4) is 0 Å². The maximum atomic E-state index is 12.6. The fraction of sp³-hybridized carbons (Fsp3) is 0.667. The Morgan fingerprint density at radius 1 is 1.21 bits per heavy atom. The number of benzene rings is 1. The monoisotopic (exact) mass is 424 g/mol. The van der Waals surface area contributed by atoms with Gasteiger partial charge < -0.3 is 14.4 Å². The van der Waals surface area contributed by atoms with Crippen LogP contribution < -0.4 is 9.46 Å². The minimum Gasteiger partial charge on any atom is -0.490 e. The molecule has 7 nitrogen and oxygen atoms in total. The van der Waals surface area contributed by atoms with Gasteiger partial charge in [-0.1, -0.05) is 25.1 Å². The third kappa shape index (κ3) is 6.42. The van der Waals surface area contributed by atoms with Gasteiger partial charge in [0.05, 0.1) is 25.0 Å². The van der Waals surface area contributed by atoms with Crippen LogP contribution in [0.5, 0.6) is 5.75 Å². The Morgan fingerprint density at radius 2 is 1.93 bits per heavy atom. The highest BCUT2D eigenvalue weighted by atomic mass is 32.2. The summed E-state index contributed by atoms with van der Waals surface area (Å²) >= 11 is 0. The van der Waals surface area contributed by atoms with E-state index in [0.29, 0.717) is 26.0 Å². The highest BCUT2D eigenvalue weighted by molar-refractivity contribution is 7.88. The first-order valence-corrected chi connectivity index (χ1v) is 12.3. The molecule has 1 aromatic rings. The molecule has 1 heterocycles. The molecule has 2 aliphatic rings. The van der Waals surface area contributed by atoms with E-state index in [1.807, 2.05) is 42.2 Å². The fourth-order valence-corrected chi connectivity index (χ4v) is 4.84. The van der Waals surface area contributed by atoms with Crippen molar-refractivity contribution in [1.82, 2.24) is 9.62 Å². The number of piperidine rings is 1. The third-order valence-electron chi connectivity index (χ3n) is 5.53. The zero-order chi connectivity index (χ0) is 20.9. The van der Waals surface area contributed by atoms with E-state index in [2.05, 4.69) is 4.72 Å². The summed E-state index contributed by atoms with van der Waals surface area (Å²) in [6.07, 6.45) is 5.71. The first-order valence-electron chi connectivity index (χ1n) is 10.5. The van der Waals surface area contributed by atoms with Gasteiger partial charge in [-0.25, -0.2) is 13.1 Å². The van der Waals surface area contributed by atoms with Crippen LogP contribution in [0.4, 0.5) is 0 Å². The lowest BCUT2D eigenvalue weighted by Crippen LogP contribution is -2.59. The predicted octanol–water partition coefficient (Wildman–Crippen LogP) is 2.32. The summed E-state index contributed by atoms with van der Waals surface area (Å²) in [4.78, 5) is 14.4. The summed E-state index contributed by atoms with van der Waals surface area (Å²) in [6, 6.07) is 9.15. The number of sulfonamides is 1. The quantitative estimate of drug-likeness (QED) is 0.658. The second kappa shape index (κ2) is 9.91. The van der Waals surface area contributed by atoms with Crippen LogP contribution >= 0.6 is 0 Å². The van der Waals surface area contributed by atoms with Crippen LogP contribution in [-0.2, 0) is 19.6 Å². The molecule has 2 fully saturated rings. The molecule has 0 spiro atoms. The van der Waals surface area contributed by atoms with Crippen molar-refractivity contribution in [2.45, 2.75) is 69.7 Å². The maximum absolute atomic E-state index is 12.6. The molecule has 0 aromatic heterocycles. The van der Waals surface area contributed by atoms with E-state index in [1.165, 1.54) is 0 Å². The molecule has 162 valence electrons. The summed E-state index contributed by atoms with van der Waals surface area (Å²) in [6.45, 7) is 2.96. The van der Waals surface area contributed by atoms with Crippen LogP contribution in [0, 0.1) is 0 Å². The van der Waals surface area contributed by atoms with Crippen molar-refractivity contribution in [3.05, 3.63) is 30.3 Å². The average Bonchev–Trinajstić information content (AvgIpc) is 2.64. The zero-order valence-corrected chi connectivity index (χ0v) is 18.1. The number of amides is 1. The molecule has 1 aliphatic carbocycles. The highest BCUT2D eigenvalue weighted by Gasteiger charge is 2.38. The smallest absolute Gasteiger partial charge is 0.222 e. The highest BCUT2D eigenvalue weighted by Crippen LogP contribution is 2.29. The summed E-state index contributed by atoms with van der Waals surface area (Å²) in [5, 5.41) is 0. The number of hydrogen-bond donors (Lipinski definition) is 1. The molecule has 1 aromatic carbocycles. The van der Waals surface area contributed by atoms with Gasteiger partial charge in [0.2, 0.25) is 15.9 Å². The number of carbonyl (C=O) groups excluding carboxylic acids is 1. The summed E-state index contributed by atoms with van der Waals surface area (Å²) in [7, 11) is -3.36. The minimum atomic E-state index is -3.36. The van der Waals surface area contributed by atoms with Crippen molar-refractivity contribution < 1.29 is 22.7 Å². The molecular formula is C21H32N2O5S. The van der Waals surface area contributed by atoms with E-state index < -0.39 is 10.0 Å². The lowest BCUT2D eigenvalue weighted by molar-refractivity contribution is -0.140. The Hall–Kier alpha value is -1.64. The molecule has 1 saturated heterocycles. The molecular weight excluding hydrogens is 392 g/mol. The molecule has 1 aliphatic heterocycles. The van der Waals surface area contributed by atoms with Gasteiger partial charge in [-0.2, -0.15) is 0 Å². The van der Waals surface area contributed by atoms with Gasteiger partial charge in [0.1, 0.15) is 11.9 Å². The van der Waals surface area contributed by atoms with E-state index >= 15 is 0 Å². The van der Waals surface area contributed by atoms with Crippen molar-refractivity contribution in [3.8, 4) is 5.75 Å². The van der Waals surface area contributed by atoms with Crippen LogP contribution in [0.25, 0.3) is 0 Å². The van der Waals surface area contributed by atoms with Crippen LogP contribution in [0.1, 0.15) is 45.4 Å². The molecule has 2 atom stereocenters. The molecule has 8 heteroatoms. The van der Waals surface area contributed by atoms with Gasteiger partial charge in [0.25, 0.3) is 0 Å². The van der Waals surface area contributed by atoms with E-state index in [-0.39, 0.29) is 30.2 Å². The molecule has 3 rings (SSSR count). The molecule has 1 amide bonds. The summed E-state index contributed by atoms with van der Waals surface area (Å²) in [5.41, 5.74) is 0. The second-order valence-corrected chi connectivity index (χ2v) is 9.80. The normalized spacial score (nSPS) is 27.3. The van der Waals surface area contributed by atoms with E-state index in [0.717, 1.165) is 37.7 Å². The predicted molar refractivity (Wildman–Crippen MR) is 111 cm³/mol. The van der Waals surface area contributed by atoms with Gasteiger partial charge in [0, 0.05) is 31.8 Å². The summed E-state index contributed by atoms with van der Waals surface area (Å²) < 4.78 is 38.3.